The molecule has 0 aliphatic rings. The van der Waals surface area contributed by atoms with Gasteiger partial charge < -0.3 is 13.7 Å². The Bertz CT molecular complexity index is 9940. The third-order valence-corrected chi connectivity index (χ3v) is 28.8. The minimum atomic E-state index is 0.588. The molecule has 0 saturated heterocycles. The van der Waals surface area contributed by atoms with Crippen LogP contribution in [0.4, 0.5) is 0 Å². The van der Waals surface area contributed by atoms with Crippen molar-refractivity contribution < 1.29 is 0 Å². The van der Waals surface area contributed by atoms with E-state index in [1.165, 1.54) is 65.4 Å². The van der Waals surface area contributed by atoms with E-state index in [0.29, 0.717) is 17.6 Å². The van der Waals surface area contributed by atoms with Crippen molar-refractivity contribution in [2.24, 2.45) is 0 Å². The lowest BCUT2D eigenvalue weighted by Gasteiger charge is -2.14. The molecule has 150 heavy (non-hydrogen) atoms. The van der Waals surface area contributed by atoms with Crippen LogP contribution in [0.3, 0.4) is 0 Å². The van der Waals surface area contributed by atoms with E-state index in [1.54, 1.807) is 0 Å². The molecule has 0 amide bonds. The van der Waals surface area contributed by atoms with Crippen molar-refractivity contribution >= 4 is 131 Å². The van der Waals surface area contributed by atoms with E-state index in [0.717, 1.165) is 184 Å². The largest absolute Gasteiger partial charge is 0.309 e. The van der Waals surface area contributed by atoms with Crippen LogP contribution in [-0.2, 0) is 0 Å². The predicted octanol–water partition coefficient (Wildman–Crippen LogP) is 33.2. The minimum absolute atomic E-state index is 0.588. The van der Waals surface area contributed by atoms with Crippen LogP contribution in [-0.4, -0.2) is 72.3 Å². The van der Waals surface area contributed by atoms with Crippen LogP contribution in [0.25, 0.3) is 267 Å². The van der Waals surface area contributed by atoms with Gasteiger partial charge in [0.15, 0.2) is 11.6 Å². The first-order valence-electron chi connectivity index (χ1n) is 50.4. The molecule has 12 heterocycles. The number of fused-ring (bicyclic) bond motifs is 18. The van der Waals surface area contributed by atoms with Crippen molar-refractivity contribution in [3.05, 3.63) is 528 Å². The molecule has 0 fully saturated rings. The summed E-state index contributed by atoms with van der Waals surface area (Å²) in [5, 5.41) is 14.0. The van der Waals surface area contributed by atoms with Crippen molar-refractivity contribution in [1.82, 2.24) is 72.3 Å². The number of aromatic nitrogens is 15. The third-order valence-electron chi connectivity index (χ3n) is 28.8. The average Bonchev–Trinajstić information content (AvgIpc) is 1.58. The topological polar surface area (TPSA) is 146 Å². The predicted molar refractivity (Wildman–Crippen MR) is 614 cm³/mol. The molecule has 12 aromatic heterocycles. The zero-order valence-electron chi connectivity index (χ0n) is 80.9. The summed E-state index contributed by atoms with van der Waals surface area (Å²) in [6.45, 7) is 0. The fraction of sp³-hybridized carbons (Fsp3) is 0. The number of benzene rings is 18. The summed E-state index contributed by atoms with van der Waals surface area (Å²) in [6, 6.07) is 176. The molecule has 0 bridgehead atoms. The second kappa shape index (κ2) is 37.0. The number of pyridine rings is 3. The summed E-state index contributed by atoms with van der Waals surface area (Å²) in [7, 11) is 0. The SMILES string of the molecule is c1ccc(-c2cc(-c3ccccc3)nc(-n3c4ccc(-c5ccc6c7ccccc7n(-c7ccccc7)c6c5)cc4c4cccnc43)n2)cc1.c1ccc(-c2cc(-n3c4ccc(-c5ccc6c7ccccc7n(-c7ccccc7)c6c5)cc4c4cccnc43)nc(-c3ccccc3)n2)cc1.c1ccc(-c2ncc(-n3c4ccc(-c5ccc6c7ccccc7n(-c7ccccc7)c6c5)cc4c4cccnc43)c(-c3ccccc3)n2)cc1. The molecule has 0 spiro atoms. The highest BCUT2D eigenvalue weighted by atomic mass is 15.2. The van der Waals surface area contributed by atoms with Crippen molar-refractivity contribution in [2.45, 2.75) is 0 Å². The molecule has 0 saturated carbocycles. The van der Waals surface area contributed by atoms with Crippen molar-refractivity contribution in [3.63, 3.8) is 0 Å². The Kier molecular flexibility index (Phi) is 21.5. The molecular weight excluding hydrogens is 1830 g/mol. The summed E-state index contributed by atoms with van der Waals surface area (Å²) >= 11 is 0. The fourth-order valence-electron chi connectivity index (χ4n) is 21.9. The van der Waals surface area contributed by atoms with Gasteiger partial charge in [-0.2, -0.15) is 0 Å². The Hall–Kier alpha value is -20.6. The molecule has 0 unspecified atom stereocenters. The van der Waals surface area contributed by atoms with Crippen molar-refractivity contribution in [1.29, 1.82) is 0 Å². The van der Waals surface area contributed by atoms with E-state index in [1.807, 2.05) is 164 Å². The second-order valence-corrected chi connectivity index (χ2v) is 37.6. The Morgan fingerprint density at radius 2 is 0.447 bits per heavy atom. The molecule has 30 rings (SSSR count). The van der Waals surface area contributed by atoms with Gasteiger partial charge in [-0.3, -0.25) is 13.7 Å². The number of nitrogens with zero attached hydrogens (tertiary/aromatic N) is 15. The molecule has 0 N–H and O–H groups in total. The lowest BCUT2D eigenvalue weighted by atomic mass is 10.0. The zero-order chi connectivity index (χ0) is 99.1. The van der Waals surface area contributed by atoms with Crippen LogP contribution < -0.4 is 0 Å². The molecule has 15 heteroatoms. The quantitative estimate of drug-likeness (QED) is 0.0979. The highest BCUT2D eigenvalue weighted by Crippen LogP contribution is 2.46. The molecule has 0 radical (unpaired) electrons. The first-order valence-corrected chi connectivity index (χ1v) is 50.4. The van der Waals surface area contributed by atoms with Gasteiger partial charge in [0.1, 0.15) is 22.8 Å². The summed E-state index contributed by atoms with van der Waals surface area (Å²) < 4.78 is 13.6. The number of rotatable bonds is 15. The second-order valence-electron chi connectivity index (χ2n) is 37.6. The molecule has 30 aromatic rings. The monoisotopic (exact) mass is 1920 g/mol. The van der Waals surface area contributed by atoms with E-state index < -0.39 is 0 Å². The lowest BCUT2D eigenvalue weighted by Crippen LogP contribution is -2.04. The maximum Gasteiger partial charge on any atom is 0.237 e. The Morgan fingerprint density at radius 1 is 0.153 bits per heavy atom. The average molecular weight is 1920 g/mol. The van der Waals surface area contributed by atoms with Crippen LogP contribution in [0.2, 0.25) is 0 Å². The molecule has 0 atom stereocenters. The standard InChI is InChI=1S/3C45H29N5/c1-4-13-30(14-5-1)39-29-40(31-15-6-2-7-16-31)48-45(47-39)50-42-25-23-32(27-38(42)37-20-12-26-46-44(37)50)33-22-24-36-35-19-10-11-21-41(35)49(43(36)28-33)34-17-8-3-9-18-34;1-4-13-30(14-5-1)39-29-43(48-44(47-39)31-15-6-2-7-16-31)50-41-25-23-32(27-38(41)37-20-12-26-46-45(37)50)33-22-24-36-35-19-10-11-21-40(35)49(42(36)28-33)34-17-8-3-9-18-34;1-4-13-30(14-5-1)43-42(29-47-44(48-43)31-15-6-2-7-16-31)50-40-25-23-32(27-38(40)37-20-12-26-46-45(37)50)33-22-24-36-35-19-10-11-21-39(35)49(41(36)28-33)34-17-8-3-9-18-34/h3*1-29H. The van der Waals surface area contributed by atoms with E-state index in [-0.39, 0.29) is 0 Å². The molecular formula is C135H87N15. The summed E-state index contributed by atoms with van der Waals surface area (Å²) in [6.07, 6.45) is 7.49. The maximum atomic E-state index is 5.17. The van der Waals surface area contributed by atoms with Gasteiger partial charge in [-0.1, -0.05) is 346 Å². The van der Waals surface area contributed by atoms with Crippen LogP contribution in [0.5, 0.6) is 0 Å². The van der Waals surface area contributed by atoms with Crippen LogP contribution in [0.15, 0.2) is 528 Å². The van der Waals surface area contributed by atoms with Crippen LogP contribution in [0, 0.1) is 0 Å². The normalized spacial score (nSPS) is 11.6. The van der Waals surface area contributed by atoms with Gasteiger partial charge in [-0.25, -0.2) is 44.9 Å². The molecule has 18 aromatic carbocycles. The van der Waals surface area contributed by atoms with Gasteiger partial charge in [-0.05, 0) is 185 Å². The Labute approximate surface area is 861 Å². The smallest absolute Gasteiger partial charge is 0.237 e. The van der Waals surface area contributed by atoms with Gasteiger partial charge in [0, 0.05) is 140 Å². The van der Waals surface area contributed by atoms with Crippen molar-refractivity contribution in [3.8, 4) is 136 Å². The van der Waals surface area contributed by atoms with Gasteiger partial charge in [0.25, 0.3) is 0 Å². The van der Waals surface area contributed by atoms with Gasteiger partial charge in [0.05, 0.1) is 84.3 Å². The molecule has 0 aliphatic carbocycles. The van der Waals surface area contributed by atoms with Gasteiger partial charge in [-0.15, -0.1) is 0 Å². The number of hydrogen-bond acceptors (Lipinski definition) is 9. The molecule has 702 valence electrons. The Balaban J connectivity index is 0.000000108. The molecule has 15 nitrogen and oxygen atoms in total. The number of hydrogen-bond donors (Lipinski definition) is 0. The third kappa shape index (κ3) is 15.3. The van der Waals surface area contributed by atoms with Crippen LogP contribution >= 0.6 is 0 Å². The zero-order valence-corrected chi connectivity index (χ0v) is 80.9. The maximum absolute atomic E-state index is 5.17. The van der Waals surface area contributed by atoms with Crippen molar-refractivity contribution in [2.75, 3.05) is 0 Å². The summed E-state index contributed by atoms with van der Waals surface area (Å²) in [5.74, 6) is 2.72. The highest BCUT2D eigenvalue weighted by molar-refractivity contribution is 6.16. The van der Waals surface area contributed by atoms with E-state index in [4.69, 9.17) is 44.9 Å². The highest BCUT2D eigenvalue weighted by Gasteiger charge is 2.27. The molecule has 0 aliphatic heterocycles. The Morgan fingerprint density at radius 3 is 0.847 bits per heavy atom. The van der Waals surface area contributed by atoms with Crippen LogP contribution in [0.1, 0.15) is 0 Å². The van der Waals surface area contributed by atoms with E-state index in [9.17, 15) is 0 Å². The van der Waals surface area contributed by atoms with E-state index >= 15 is 0 Å². The van der Waals surface area contributed by atoms with E-state index in [2.05, 4.69) is 391 Å². The van der Waals surface area contributed by atoms with Gasteiger partial charge in [0.2, 0.25) is 5.95 Å². The minimum Gasteiger partial charge on any atom is -0.309 e. The first-order chi connectivity index (χ1) is 74.4. The fourth-order valence-corrected chi connectivity index (χ4v) is 21.9. The first kappa shape index (κ1) is 87.3. The lowest BCUT2D eigenvalue weighted by molar-refractivity contribution is 0.981. The number of para-hydroxylation sites is 6. The summed E-state index contributed by atoms with van der Waals surface area (Å²) in [4.78, 5) is 45.3. The van der Waals surface area contributed by atoms with Gasteiger partial charge >= 0.3 is 0 Å². The summed E-state index contributed by atoms with van der Waals surface area (Å²) in [5.41, 5.74) is 33.5.